The smallest absolute Gasteiger partial charge is 0.169 e. The van der Waals surface area contributed by atoms with Crippen molar-refractivity contribution in [2.45, 2.75) is 52.0 Å². The Bertz CT molecular complexity index is 223. The van der Waals surface area contributed by atoms with Crippen molar-refractivity contribution in [2.75, 3.05) is 26.3 Å². The number of ether oxygens (including phenoxy) is 1. The molecule has 17 heavy (non-hydrogen) atoms. The van der Waals surface area contributed by atoms with Gasteiger partial charge in [0, 0.05) is 32.3 Å². The van der Waals surface area contributed by atoms with Gasteiger partial charge in [-0.1, -0.05) is 12.8 Å². The average molecular weight is 258 g/mol. The van der Waals surface area contributed by atoms with E-state index in [0.29, 0.717) is 6.04 Å². The molecule has 1 aliphatic heterocycles. The van der Waals surface area contributed by atoms with Gasteiger partial charge in [-0.15, -0.1) is 0 Å². The summed E-state index contributed by atoms with van der Waals surface area (Å²) in [6, 6.07) is 0.587. The minimum Gasteiger partial charge on any atom is -0.382 e. The SMILES string of the molecule is CCOCCCNC(=S)N1CCCCCC1C. The largest absolute Gasteiger partial charge is 0.382 e. The van der Waals surface area contributed by atoms with Crippen LogP contribution in [0.3, 0.4) is 0 Å². The fourth-order valence-electron chi connectivity index (χ4n) is 2.19. The maximum absolute atomic E-state index is 5.46. The maximum Gasteiger partial charge on any atom is 0.169 e. The first-order valence-electron chi connectivity index (χ1n) is 6.88. The van der Waals surface area contributed by atoms with Crippen LogP contribution in [0.15, 0.2) is 0 Å². The summed E-state index contributed by atoms with van der Waals surface area (Å²) in [5.41, 5.74) is 0. The average Bonchev–Trinajstić information content (AvgIpc) is 2.53. The number of rotatable bonds is 5. The second-order valence-electron chi connectivity index (χ2n) is 4.67. The third-order valence-electron chi connectivity index (χ3n) is 3.26. The molecule has 0 radical (unpaired) electrons. The van der Waals surface area contributed by atoms with Crippen LogP contribution in [-0.4, -0.2) is 42.4 Å². The molecular formula is C13H26N2OS. The summed E-state index contributed by atoms with van der Waals surface area (Å²) in [6.45, 7) is 7.95. The first kappa shape index (κ1) is 14.7. The van der Waals surface area contributed by atoms with Gasteiger partial charge in [0.1, 0.15) is 0 Å². The Morgan fingerprint density at radius 3 is 3.00 bits per heavy atom. The van der Waals surface area contributed by atoms with Gasteiger partial charge in [-0.3, -0.25) is 0 Å². The highest BCUT2D eigenvalue weighted by molar-refractivity contribution is 7.80. The lowest BCUT2D eigenvalue weighted by Crippen LogP contribution is -2.45. The zero-order chi connectivity index (χ0) is 12.5. The van der Waals surface area contributed by atoms with Crippen LogP contribution in [0.5, 0.6) is 0 Å². The Morgan fingerprint density at radius 1 is 1.41 bits per heavy atom. The van der Waals surface area contributed by atoms with Crippen LogP contribution in [0.2, 0.25) is 0 Å². The number of likely N-dealkylation sites (tertiary alicyclic amines) is 1. The molecule has 0 aromatic rings. The molecule has 100 valence electrons. The van der Waals surface area contributed by atoms with Gasteiger partial charge < -0.3 is 15.0 Å². The molecule has 0 amide bonds. The molecule has 1 N–H and O–H groups in total. The Morgan fingerprint density at radius 2 is 2.24 bits per heavy atom. The van der Waals surface area contributed by atoms with Crippen LogP contribution in [-0.2, 0) is 4.74 Å². The summed E-state index contributed by atoms with van der Waals surface area (Å²) in [4.78, 5) is 2.35. The molecule has 0 spiro atoms. The Kier molecular flexibility index (Phi) is 7.53. The first-order chi connectivity index (χ1) is 8.25. The lowest BCUT2D eigenvalue weighted by Gasteiger charge is -2.30. The van der Waals surface area contributed by atoms with Gasteiger partial charge in [-0.2, -0.15) is 0 Å². The predicted octanol–water partition coefficient (Wildman–Crippen LogP) is 2.55. The maximum atomic E-state index is 5.46. The highest BCUT2D eigenvalue weighted by Gasteiger charge is 2.18. The molecule has 1 heterocycles. The van der Waals surface area contributed by atoms with Crippen LogP contribution in [0.25, 0.3) is 0 Å². The van der Waals surface area contributed by atoms with Gasteiger partial charge in [-0.25, -0.2) is 0 Å². The summed E-state index contributed by atoms with van der Waals surface area (Å²) in [7, 11) is 0. The molecule has 3 nitrogen and oxygen atoms in total. The van der Waals surface area contributed by atoms with Crippen LogP contribution in [0.4, 0.5) is 0 Å². The van der Waals surface area contributed by atoms with Crippen LogP contribution < -0.4 is 5.32 Å². The summed E-state index contributed by atoms with van der Waals surface area (Å²) in [6.07, 6.45) is 6.24. The summed E-state index contributed by atoms with van der Waals surface area (Å²) in [5.74, 6) is 0. The van der Waals surface area contributed by atoms with Crippen molar-refractivity contribution in [3.05, 3.63) is 0 Å². The van der Waals surface area contributed by atoms with E-state index < -0.39 is 0 Å². The van der Waals surface area contributed by atoms with E-state index >= 15 is 0 Å². The quantitative estimate of drug-likeness (QED) is 0.605. The van der Waals surface area contributed by atoms with E-state index in [-0.39, 0.29) is 0 Å². The fourth-order valence-corrected chi connectivity index (χ4v) is 2.57. The Balaban J connectivity index is 2.20. The number of hydrogen-bond acceptors (Lipinski definition) is 2. The van der Waals surface area contributed by atoms with Crippen molar-refractivity contribution in [3.8, 4) is 0 Å². The lowest BCUT2D eigenvalue weighted by atomic mass is 10.1. The summed E-state index contributed by atoms with van der Waals surface area (Å²) < 4.78 is 5.31. The van der Waals surface area contributed by atoms with E-state index in [1.54, 1.807) is 0 Å². The molecule has 1 atom stereocenters. The highest BCUT2D eigenvalue weighted by Crippen LogP contribution is 2.16. The molecule has 1 unspecified atom stereocenters. The number of thiocarbonyl (C=S) groups is 1. The minimum absolute atomic E-state index is 0.587. The van der Waals surface area contributed by atoms with Gasteiger partial charge in [0.05, 0.1) is 0 Å². The molecule has 4 heteroatoms. The Hall–Kier alpha value is -0.350. The van der Waals surface area contributed by atoms with Crippen molar-refractivity contribution in [3.63, 3.8) is 0 Å². The second-order valence-corrected chi connectivity index (χ2v) is 5.06. The van der Waals surface area contributed by atoms with Gasteiger partial charge >= 0.3 is 0 Å². The molecule has 0 aromatic heterocycles. The molecule has 1 rings (SSSR count). The van der Waals surface area contributed by atoms with Gasteiger partial charge in [-0.05, 0) is 45.3 Å². The molecule has 0 bridgehead atoms. The summed E-state index contributed by atoms with van der Waals surface area (Å²) >= 11 is 5.46. The number of nitrogens with zero attached hydrogens (tertiary/aromatic N) is 1. The minimum atomic E-state index is 0.587. The topological polar surface area (TPSA) is 24.5 Å². The summed E-state index contributed by atoms with van der Waals surface area (Å²) in [5, 5.41) is 4.27. The van der Waals surface area contributed by atoms with E-state index in [0.717, 1.165) is 37.8 Å². The lowest BCUT2D eigenvalue weighted by molar-refractivity contribution is 0.145. The normalized spacial score (nSPS) is 21.1. The number of nitrogens with one attached hydrogen (secondary N) is 1. The fraction of sp³-hybridized carbons (Fsp3) is 0.923. The third-order valence-corrected chi connectivity index (χ3v) is 3.64. The van der Waals surface area contributed by atoms with E-state index in [4.69, 9.17) is 17.0 Å². The predicted molar refractivity (Wildman–Crippen MR) is 76.3 cm³/mol. The molecular weight excluding hydrogens is 232 g/mol. The van der Waals surface area contributed by atoms with Crippen molar-refractivity contribution < 1.29 is 4.74 Å². The van der Waals surface area contributed by atoms with Crippen LogP contribution in [0, 0.1) is 0 Å². The number of hydrogen-bond donors (Lipinski definition) is 1. The van der Waals surface area contributed by atoms with E-state index in [2.05, 4.69) is 17.1 Å². The van der Waals surface area contributed by atoms with E-state index in [1.165, 1.54) is 25.7 Å². The van der Waals surface area contributed by atoms with Gasteiger partial charge in [0.2, 0.25) is 0 Å². The van der Waals surface area contributed by atoms with Crippen molar-refractivity contribution in [2.24, 2.45) is 0 Å². The van der Waals surface area contributed by atoms with Crippen molar-refractivity contribution >= 4 is 17.3 Å². The zero-order valence-electron chi connectivity index (χ0n) is 11.2. The standard InChI is InChI=1S/C13H26N2OS/c1-3-16-11-7-9-14-13(17)15-10-6-4-5-8-12(15)2/h12H,3-11H2,1-2H3,(H,14,17). The van der Waals surface area contributed by atoms with Crippen LogP contribution >= 0.6 is 12.2 Å². The first-order valence-corrected chi connectivity index (χ1v) is 7.28. The monoisotopic (exact) mass is 258 g/mol. The molecule has 0 saturated carbocycles. The molecule has 1 saturated heterocycles. The third kappa shape index (κ3) is 5.68. The van der Waals surface area contributed by atoms with Crippen molar-refractivity contribution in [1.82, 2.24) is 10.2 Å². The molecule has 0 aromatic carbocycles. The Labute approximate surface area is 111 Å². The van der Waals surface area contributed by atoms with Gasteiger partial charge in [0.25, 0.3) is 0 Å². The molecule has 1 aliphatic rings. The second kappa shape index (κ2) is 8.70. The highest BCUT2D eigenvalue weighted by atomic mass is 32.1. The molecule has 0 aliphatic carbocycles. The van der Waals surface area contributed by atoms with Gasteiger partial charge in [0.15, 0.2) is 5.11 Å². The van der Waals surface area contributed by atoms with E-state index in [9.17, 15) is 0 Å². The van der Waals surface area contributed by atoms with E-state index in [1.807, 2.05) is 6.92 Å². The van der Waals surface area contributed by atoms with Crippen molar-refractivity contribution in [1.29, 1.82) is 0 Å². The zero-order valence-corrected chi connectivity index (χ0v) is 12.0. The van der Waals surface area contributed by atoms with Crippen LogP contribution in [0.1, 0.15) is 46.0 Å². The molecule has 1 fully saturated rings.